The van der Waals surface area contributed by atoms with E-state index in [1.54, 1.807) is 48.2 Å². The molecule has 358 valence electrons. The molecule has 0 spiro atoms. The Balaban J connectivity index is 0.000000210. The molecule has 0 radical (unpaired) electrons. The largest absolute Gasteiger partial charge is 0.479 e. The number of nitrogens with zero attached hydrogens (tertiary/aromatic N) is 3. The van der Waals surface area contributed by atoms with Gasteiger partial charge in [-0.2, -0.15) is 0 Å². The predicted molar refractivity (Wildman–Crippen MR) is 264 cm³/mol. The third kappa shape index (κ3) is 11.2. The second-order valence-electron chi connectivity index (χ2n) is 17.9. The zero-order valence-electron chi connectivity index (χ0n) is 38.5. The first-order chi connectivity index (χ1) is 32.6. The van der Waals surface area contributed by atoms with Gasteiger partial charge in [0.15, 0.2) is 23.1 Å². The normalized spacial score (nSPS) is 17.5. The molecular formula is C51H56FN5O9S2. The van der Waals surface area contributed by atoms with Crippen molar-refractivity contribution in [3.63, 3.8) is 0 Å². The van der Waals surface area contributed by atoms with Crippen molar-refractivity contribution in [1.29, 1.82) is 0 Å². The molecule has 5 aromatic rings. The molecule has 2 unspecified atom stereocenters. The van der Waals surface area contributed by atoms with Gasteiger partial charge in [0.25, 0.3) is 5.91 Å². The summed E-state index contributed by atoms with van der Waals surface area (Å²) in [5.41, 5.74) is 5.64. The molecule has 2 fully saturated rings. The van der Waals surface area contributed by atoms with E-state index in [4.69, 9.17) is 9.84 Å². The number of rotatable bonds is 17. The van der Waals surface area contributed by atoms with Crippen LogP contribution in [0.25, 0.3) is 21.2 Å². The highest BCUT2D eigenvalue weighted by molar-refractivity contribution is 7.96. The number of piperidine rings is 2. The number of carboxylic acid groups (broad SMARTS) is 2. The summed E-state index contributed by atoms with van der Waals surface area (Å²) >= 11 is 2.46. The number of aldehydes is 2. The Morgan fingerprint density at radius 1 is 0.985 bits per heavy atom. The van der Waals surface area contributed by atoms with Crippen LogP contribution in [0.5, 0.6) is 5.75 Å². The van der Waals surface area contributed by atoms with E-state index >= 15 is 4.39 Å². The number of amides is 2. The molecule has 4 N–H and O–H groups in total. The fourth-order valence-corrected chi connectivity index (χ4v) is 11.4. The fourth-order valence-electron chi connectivity index (χ4n) is 9.32. The molecule has 68 heavy (non-hydrogen) atoms. The molecule has 0 aliphatic carbocycles. The molecule has 0 bridgehead atoms. The number of anilines is 2. The number of aliphatic carboxylic acids is 1. The maximum Gasteiger partial charge on any atom is 0.349 e. The number of likely N-dealkylation sites (tertiary alicyclic amines) is 1. The predicted octanol–water partition coefficient (Wildman–Crippen LogP) is 8.73. The Morgan fingerprint density at radius 2 is 1.74 bits per heavy atom. The van der Waals surface area contributed by atoms with E-state index < -0.39 is 36.2 Å². The van der Waals surface area contributed by atoms with Gasteiger partial charge in [0.1, 0.15) is 12.6 Å². The van der Waals surface area contributed by atoms with Crippen LogP contribution in [0.2, 0.25) is 0 Å². The first-order valence-electron chi connectivity index (χ1n) is 22.6. The van der Waals surface area contributed by atoms with E-state index in [0.29, 0.717) is 40.4 Å². The van der Waals surface area contributed by atoms with Gasteiger partial charge < -0.3 is 35.3 Å². The monoisotopic (exact) mass is 965 g/mol. The van der Waals surface area contributed by atoms with Crippen molar-refractivity contribution in [2.24, 2.45) is 0 Å². The molecule has 2 atom stereocenters. The number of thiophene rings is 1. The van der Waals surface area contributed by atoms with Crippen LogP contribution < -0.4 is 20.3 Å². The van der Waals surface area contributed by atoms with Crippen molar-refractivity contribution in [2.45, 2.75) is 81.7 Å². The second kappa shape index (κ2) is 21.9. The van der Waals surface area contributed by atoms with Crippen molar-refractivity contribution < 1.29 is 48.1 Å². The van der Waals surface area contributed by atoms with E-state index in [9.17, 15) is 33.9 Å². The van der Waals surface area contributed by atoms with Gasteiger partial charge in [-0.1, -0.05) is 60.5 Å². The molecule has 3 aliphatic heterocycles. The number of carbonyl (C=O) groups is 6. The molecule has 17 heteroatoms. The number of carbonyl (C=O) groups excluding carboxylic acids is 4. The van der Waals surface area contributed by atoms with Gasteiger partial charge in [0, 0.05) is 59.5 Å². The van der Waals surface area contributed by atoms with Crippen LogP contribution in [0.4, 0.5) is 15.8 Å². The summed E-state index contributed by atoms with van der Waals surface area (Å²) in [6, 6.07) is 24.2. The molecule has 2 saturated heterocycles. The van der Waals surface area contributed by atoms with E-state index in [1.807, 2.05) is 42.5 Å². The fraction of sp³-hybridized carbons (Fsp3) is 0.373. The summed E-state index contributed by atoms with van der Waals surface area (Å²) in [5.74, 6) is -3.20. The van der Waals surface area contributed by atoms with Crippen molar-refractivity contribution >= 4 is 81.8 Å². The Kier molecular flexibility index (Phi) is 16.0. The number of hydrogen-bond donors (Lipinski definition) is 4. The average Bonchev–Trinajstić information content (AvgIpc) is 3.82. The van der Waals surface area contributed by atoms with Crippen LogP contribution in [0.15, 0.2) is 78.9 Å². The highest BCUT2D eigenvalue weighted by Crippen LogP contribution is 2.45. The summed E-state index contributed by atoms with van der Waals surface area (Å²) in [6.45, 7) is 6.55. The second-order valence-corrected chi connectivity index (χ2v) is 19.9. The van der Waals surface area contributed by atoms with Crippen molar-refractivity contribution in [3.05, 3.63) is 112 Å². The average molecular weight is 966 g/mol. The van der Waals surface area contributed by atoms with E-state index in [1.165, 1.54) is 5.56 Å². The lowest BCUT2D eigenvalue weighted by Gasteiger charge is -2.45. The number of hydrogen-bond acceptors (Lipinski definition) is 12. The molecular weight excluding hydrogens is 910 g/mol. The third-order valence-corrected chi connectivity index (χ3v) is 15.4. The first-order valence-corrected chi connectivity index (χ1v) is 24.3. The SMILES string of the molecule is CC1(C)CC(Nc2cccc(-c3sc(C(=O)O)c(OCC(=O)O)c3F)c2)CCN1SCc1cccc(C=O)c1.CNC(=O)CCC(C=O)N1C(=O)c2cccc3c(C4CCN(C)CC4)ccc1c23. The highest BCUT2D eigenvalue weighted by Gasteiger charge is 2.37. The number of aromatic carboxylic acids is 1. The summed E-state index contributed by atoms with van der Waals surface area (Å²) in [4.78, 5) is 73.8. The molecule has 4 aromatic carbocycles. The Morgan fingerprint density at radius 3 is 2.43 bits per heavy atom. The van der Waals surface area contributed by atoms with Gasteiger partial charge in [0.2, 0.25) is 5.91 Å². The molecule has 0 saturated carbocycles. The lowest BCUT2D eigenvalue weighted by molar-refractivity contribution is -0.139. The van der Waals surface area contributed by atoms with Gasteiger partial charge in [-0.05, 0) is 124 Å². The summed E-state index contributed by atoms with van der Waals surface area (Å²) in [6.07, 6.45) is 6.11. The molecule has 8 rings (SSSR count). The van der Waals surface area contributed by atoms with E-state index in [-0.39, 0.29) is 39.6 Å². The Labute approximate surface area is 403 Å². The van der Waals surface area contributed by atoms with Gasteiger partial charge in [0.05, 0.1) is 16.6 Å². The van der Waals surface area contributed by atoms with Crippen molar-refractivity contribution in [3.8, 4) is 16.2 Å². The lowest BCUT2D eigenvalue weighted by atomic mass is 9.85. The zero-order chi connectivity index (χ0) is 48.7. The molecule has 2 amide bonds. The van der Waals surface area contributed by atoms with Gasteiger partial charge in [-0.3, -0.25) is 19.3 Å². The van der Waals surface area contributed by atoms with Crippen LogP contribution in [-0.2, 0) is 20.1 Å². The quantitative estimate of drug-likeness (QED) is 0.0513. The lowest BCUT2D eigenvalue weighted by Crippen LogP contribution is -2.49. The third-order valence-electron chi connectivity index (χ3n) is 12.8. The minimum absolute atomic E-state index is 0.0710. The number of carboxylic acids is 2. The Hall–Kier alpha value is -6.14. The topological polar surface area (TPSA) is 186 Å². The maximum atomic E-state index is 15.1. The Bertz CT molecular complexity index is 2700. The van der Waals surface area contributed by atoms with Crippen molar-refractivity contribution in [1.82, 2.24) is 14.5 Å². The zero-order valence-corrected chi connectivity index (χ0v) is 40.1. The maximum absolute atomic E-state index is 15.1. The number of nitrogens with one attached hydrogen (secondary N) is 2. The van der Waals surface area contributed by atoms with E-state index in [2.05, 4.69) is 52.9 Å². The van der Waals surface area contributed by atoms with Gasteiger partial charge in [-0.15, -0.1) is 11.3 Å². The first kappa shape index (κ1) is 49.8. The van der Waals surface area contributed by atoms with Crippen LogP contribution in [0, 0.1) is 5.82 Å². The van der Waals surface area contributed by atoms with Crippen LogP contribution in [0.3, 0.4) is 0 Å². The van der Waals surface area contributed by atoms with E-state index in [0.717, 1.165) is 91.4 Å². The van der Waals surface area contributed by atoms with Crippen LogP contribution in [-0.4, -0.2) is 114 Å². The number of benzene rings is 4. The van der Waals surface area contributed by atoms with Crippen LogP contribution in [0.1, 0.15) is 99.8 Å². The van der Waals surface area contributed by atoms with Crippen LogP contribution >= 0.6 is 23.3 Å². The van der Waals surface area contributed by atoms with Crippen molar-refractivity contribution in [2.75, 3.05) is 50.6 Å². The molecule has 4 heterocycles. The minimum atomic E-state index is -1.39. The highest BCUT2D eigenvalue weighted by atomic mass is 32.2. The standard InChI is InChI=1S/C28H29FN2O6S2.C23H27N3O3/c1-28(2)13-21(9-10-31(28)38-16-18-6-3-5-17(11-18)14-32)30-20-8-4-7-19(12-20)25-23(29)24(37-15-22(33)34)26(39-25)27(35)36;1-24-21(28)9-6-16(14-27)26-20-8-7-17(15-10-12-25(2)13-11-15)18-4-3-5-19(22(18)20)23(26)29/h3-8,11-12,14,21,30H,9-10,13,15-16H2,1-2H3,(H,33,34)(H,35,36);3-5,7-8,14-16H,6,9-13H2,1-2H3,(H,24,28). The van der Waals surface area contributed by atoms with Gasteiger partial charge in [-0.25, -0.2) is 18.3 Å². The van der Waals surface area contributed by atoms with Gasteiger partial charge >= 0.3 is 11.9 Å². The molecule has 14 nitrogen and oxygen atoms in total. The molecule has 3 aliphatic rings. The number of halogens is 1. The summed E-state index contributed by atoms with van der Waals surface area (Å²) in [7, 11) is 3.72. The smallest absolute Gasteiger partial charge is 0.349 e. The summed E-state index contributed by atoms with van der Waals surface area (Å²) < 4.78 is 22.5. The molecule has 1 aromatic heterocycles. The summed E-state index contributed by atoms with van der Waals surface area (Å²) in [5, 5.41) is 26.5. The number of ether oxygens (including phenoxy) is 1. The minimum Gasteiger partial charge on any atom is -0.479 e.